The summed E-state index contributed by atoms with van der Waals surface area (Å²) in [5, 5.41) is 8.93. The van der Waals surface area contributed by atoms with Crippen molar-refractivity contribution in [3.8, 4) is 0 Å². The van der Waals surface area contributed by atoms with Gasteiger partial charge < -0.3 is 14.7 Å². The van der Waals surface area contributed by atoms with E-state index in [0.29, 0.717) is 12.0 Å². The molecule has 0 radical (unpaired) electrons. The maximum Gasteiger partial charge on any atom is 0.338 e. The predicted octanol–water partition coefficient (Wildman–Crippen LogP) is 2.12. The highest BCUT2D eigenvalue weighted by Gasteiger charge is 2.20. The first kappa shape index (κ1) is 17.2. The lowest BCUT2D eigenvalue weighted by Crippen LogP contribution is -2.32. The molecule has 0 aliphatic rings. The standard InChI is InChI=1S/C16H23NO4/c1-4-5-14(10-15(19)17(3)11-18)21-16(20)13-8-6-12(2)7-9-13/h6-9,14,18H,4-5,10-11H2,1-3H3. The number of ether oxygens (including phenoxy) is 1. The number of aliphatic hydroxyl groups is 1. The van der Waals surface area contributed by atoms with Gasteiger partial charge in [-0.1, -0.05) is 31.0 Å². The second-order valence-electron chi connectivity index (χ2n) is 5.12. The number of aliphatic hydroxyl groups excluding tert-OH is 1. The molecule has 21 heavy (non-hydrogen) atoms. The summed E-state index contributed by atoms with van der Waals surface area (Å²) >= 11 is 0. The van der Waals surface area contributed by atoms with Crippen molar-refractivity contribution in [1.82, 2.24) is 4.90 Å². The fourth-order valence-electron chi connectivity index (χ4n) is 1.86. The van der Waals surface area contributed by atoms with Gasteiger partial charge in [-0.2, -0.15) is 0 Å². The van der Waals surface area contributed by atoms with Gasteiger partial charge in [0.25, 0.3) is 0 Å². The van der Waals surface area contributed by atoms with Crippen molar-refractivity contribution in [2.24, 2.45) is 0 Å². The average Bonchev–Trinajstić information content (AvgIpc) is 2.47. The summed E-state index contributed by atoms with van der Waals surface area (Å²) in [6.07, 6.45) is 1.04. The molecule has 1 atom stereocenters. The van der Waals surface area contributed by atoms with Gasteiger partial charge in [-0.3, -0.25) is 4.79 Å². The fourth-order valence-corrected chi connectivity index (χ4v) is 1.86. The molecule has 116 valence electrons. The molecular formula is C16H23NO4. The lowest BCUT2D eigenvalue weighted by atomic mass is 10.1. The van der Waals surface area contributed by atoms with E-state index in [2.05, 4.69) is 0 Å². The zero-order valence-electron chi connectivity index (χ0n) is 12.8. The first-order valence-corrected chi connectivity index (χ1v) is 7.10. The summed E-state index contributed by atoms with van der Waals surface area (Å²) < 4.78 is 5.41. The highest BCUT2D eigenvalue weighted by atomic mass is 16.5. The van der Waals surface area contributed by atoms with E-state index in [-0.39, 0.29) is 19.1 Å². The molecule has 0 aliphatic heterocycles. The normalized spacial score (nSPS) is 11.8. The smallest absolute Gasteiger partial charge is 0.338 e. The number of esters is 1. The second kappa shape index (κ2) is 8.42. The van der Waals surface area contributed by atoms with Crippen LogP contribution >= 0.6 is 0 Å². The van der Waals surface area contributed by atoms with Crippen LogP contribution in [0.1, 0.15) is 42.1 Å². The number of benzene rings is 1. The van der Waals surface area contributed by atoms with E-state index in [1.807, 2.05) is 26.0 Å². The average molecular weight is 293 g/mol. The number of rotatable bonds is 7. The molecule has 5 nitrogen and oxygen atoms in total. The Kier molecular flexibility index (Phi) is 6.88. The van der Waals surface area contributed by atoms with Crippen molar-refractivity contribution < 1.29 is 19.4 Å². The molecule has 0 bridgehead atoms. The van der Waals surface area contributed by atoms with Gasteiger partial charge in [0, 0.05) is 7.05 Å². The quantitative estimate of drug-likeness (QED) is 0.617. The van der Waals surface area contributed by atoms with Gasteiger partial charge in [0.2, 0.25) is 5.91 Å². The predicted molar refractivity (Wildman–Crippen MR) is 79.8 cm³/mol. The first-order chi connectivity index (χ1) is 9.97. The van der Waals surface area contributed by atoms with Crippen molar-refractivity contribution in [3.63, 3.8) is 0 Å². The molecule has 0 spiro atoms. The number of carbonyl (C=O) groups excluding carboxylic acids is 2. The van der Waals surface area contributed by atoms with Crippen LogP contribution in [0.5, 0.6) is 0 Å². The summed E-state index contributed by atoms with van der Waals surface area (Å²) in [5.41, 5.74) is 1.54. The number of amides is 1. The second-order valence-corrected chi connectivity index (χ2v) is 5.12. The highest BCUT2D eigenvalue weighted by Crippen LogP contribution is 2.13. The lowest BCUT2D eigenvalue weighted by Gasteiger charge is -2.20. The van der Waals surface area contributed by atoms with Crippen LogP contribution in [-0.2, 0) is 9.53 Å². The van der Waals surface area contributed by atoms with Crippen LogP contribution in [0.2, 0.25) is 0 Å². The minimum absolute atomic E-state index is 0.0858. The van der Waals surface area contributed by atoms with Gasteiger partial charge in [-0.25, -0.2) is 4.79 Å². The summed E-state index contributed by atoms with van der Waals surface area (Å²) in [4.78, 5) is 25.1. The Morgan fingerprint density at radius 1 is 1.29 bits per heavy atom. The topological polar surface area (TPSA) is 66.8 Å². The molecule has 1 amide bonds. The largest absolute Gasteiger partial charge is 0.458 e. The van der Waals surface area contributed by atoms with Gasteiger partial charge in [0.05, 0.1) is 12.0 Å². The molecular weight excluding hydrogens is 270 g/mol. The van der Waals surface area contributed by atoms with Crippen molar-refractivity contribution in [3.05, 3.63) is 35.4 Å². The molecule has 1 aromatic carbocycles. The number of aryl methyl sites for hydroxylation is 1. The van der Waals surface area contributed by atoms with Crippen LogP contribution in [0.15, 0.2) is 24.3 Å². The van der Waals surface area contributed by atoms with E-state index in [9.17, 15) is 9.59 Å². The molecule has 0 saturated carbocycles. The summed E-state index contributed by atoms with van der Waals surface area (Å²) in [5.74, 6) is -0.666. The zero-order chi connectivity index (χ0) is 15.8. The van der Waals surface area contributed by atoms with E-state index < -0.39 is 12.1 Å². The number of hydrogen-bond acceptors (Lipinski definition) is 4. The molecule has 5 heteroatoms. The van der Waals surface area contributed by atoms with Gasteiger partial charge in [0.1, 0.15) is 12.8 Å². The van der Waals surface area contributed by atoms with E-state index in [1.165, 1.54) is 11.9 Å². The van der Waals surface area contributed by atoms with E-state index in [0.717, 1.165) is 12.0 Å². The van der Waals surface area contributed by atoms with E-state index >= 15 is 0 Å². The van der Waals surface area contributed by atoms with Crippen molar-refractivity contribution in [1.29, 1.82) is 0 Å². The first-order valence-electron chi connectivity index (χ1n) is 7.10. The Hall–Kier alpha value is -1.88. The zero-order valence-corrected chi connectivity index (χ0v) is 12.8. The number of carbonyl (C=O) groups is 2. The number of nitrogens with zero attached hydrogens (tertiary/aromatic N) is 1. The molecule has 0 aromatic heterocycles. The highest BCUT2D eigenvalue weighted by molar-refractivity contribution is 5.89. The van der Waals surface area contributed by atoms with Crippen LogP contribution in [-0.4, -0.2) is 41.8 Å². The Morgan fingerprint density at radius 3 is 2.43 bits per heavy atom. The minimum Gasteiger partial charge on any atom is -0.458 e. The van der Waals surface area contributed by atoms with Gasteiger partial charge in [0.15, 0.2) is 0 Å². The molecule has 1 aromatic rings. The third-order valence-electron chi connectivity index (χ3n) is 3.21. The molecule has 1 rings (SSSR count). The van der Waals surface area contributed by atoms with Crippen molar-refractivity contribution >= 4 is 11.9 Å². The SMILES string of the molecule is CCCC(CC(=O)N(C)CO)OC(=O)c1ccc(C)cc1. The van der Waals surface area contributed by atoms with E-state index in [1.54, 1.807) is 12.1 Å². The van der Waals surface area contributed by atoms with Crippen LogP contribution in [0.25, 0.3) is 0 Å². The maximum absolute atomic E-state index is 12.1. The Balaban J connectivity index is 2.67. The van der Waals surface area contributed by atoms with Gasteiger partial charge in [-0.15, -0.1) is 0 Å². The summed E-state index contributed by atoms with van der Waals surface area (Å²) in [6.45, 7) is 3.56. The van der Waals surface area contributed by atoms with Gasteiger partial charge in [-0.05, 0) is 25.5 Å². The monoisotopic (exact) mass is 293 g/mol. The van der Waals surface area contributed by atoms with Crippen LogP contribution < -0.4 is 0 Å². The Labute approximate surface area is 125 Å². The van der Waals surface area contributed by atoms with Crippen LogP contribution in [0.3, 0.4) is 0 Å². The summed E-state index contributed by atoms with van der Waals surface area (Å²) in [7, 11) is 1.51. The fraction of sp³-hybridized carbons (Fsp3) is 0.500. The third-order valence-corrected chi connectivity index (χ3v) is 3.21. The van der Waals surface area contributed by atoms with Gasteiger partial charge >= 0.3 is 5.97 Å². The molecule has 0 aliphatic carbocycles. The molecule has 1 N–H and O–H groups in total. The number of hydrogen-bond donors (Lipinski definition) is 1. The molecule has 1 unspecified atom stereocenters. The van der Waals surface area contributed by atoms with Crippen LogP contribution in [0, 0.1) is 6.92 Å². The maximum atomic E-state index is 12.1. The lowest BCUT2D eigenvalue weighted by molar-refractivity contribution is -0.135. The van der Waals surface area contributed by atoms with E-state index in [4.69, 9.17) is 9.84 Å². The molecule has 0 saturated heterocycles. The molecule has 0 heterocycles. The van der Waals surface area contributed by atoms with Crippen LogP contribution in [0.4, 0.5) is 0 Å². The molecule has 0 fully saturated rings. The summed E-state index contributed by atoms with van der Waals surface area (Å²) in [6, 6.07) is 7.11. The Bertz CT molecular complexity index is 470. The minimum atomic E-state index is -0.467. The van der Waals surface area contributed by atoms with Crippen molar-refractivity contribution in [2.75, 3.05) is 13.8 Å². The van der Waals surface area contributed by atoms with Crippen molar-refractivity contribution in [2.45, 2.75) is 39.2 Å². The third kappa shape index (κ3) is 5.55. The Morgan fingerprint density at radius 2 is 1.90 bits per heavy atom.